The van der Waals surface area contributed by atoms with Crippen LogP contribution in [0, 0.1) is 6.92 Å². The molecule has 0 atom stereocenters. The van der Waals surface area contributed by atoms with E-state index >= 15 is 0 Å². The van der Waals surface area contributed by atoms with Crippen LogP contribution < -0.4 is 0 Å². The van der Waals surface area contributed by atoms with Crippen LogP contribution >= 0.6 is 0 Å². The van der Waals surface area contributed by atoms with Crippen LogP contribution in [0.3, 0.4) is 0 Å². The van der Waals surface area contributed by atoms with Crippen molar-refractivity contribution in [3.63, 3.8) is 0 Å². The van der Waals surface area contributed by atoms with Gasteiger partial charge in [0, 0.05) is 19.2 Å². The Morgan fingerprint density at radius 1 is 1.44 bits per heavy atom. The maximum Gasteiger partial charge on any atom is 0.101 e. The van der Waals surface area contributed by atoms with Crippen LogP contribution in [0.25, 0.3) is 0 Å². The Bertz CT molecular complexity index is 388. The summed E-state index contributed by atoms with van der Waals surface area (Å²) >= 11 is 0. The van der Waals surface area contributed by atoms with Crippen LogP contribution in [0.5, 0.6) is 0 Å². The fraction of sp³-hybridized carbons (Fsp3) is 0.462. The zero-order valence-electron chi connectivity index (χ0n) is 10.2. The molecule has 1 aromatic heterocycles. The van der Waals surface area contributed by atoms with Gasteiger partial charge < -0.3 is 4.57 Å². The lowest BCUT2D eigenvalue weighted by atomic mass is 10.1. The largest absolute Gasteiger partial charge is 0.333 e. The average Bonchev–Trinajstić information content (AvgIpc) is 2.67. The van der Waals surface area contributed by atoms with Crippen molar-refractivity contribution in [2.24, 2.45) is 0 Å². The Morgan fingerprint density at radius 3 is 2.75 bits per heavy atom. The van der Waals surface area contributed by atoms with E-state index in [0.29, 0.717) is 13.0 Å². The van der Waals surface area contributed by atoms with Crippen LogP contribution in [0.1, 0.15) is 32.4 Å². The lowest BCUT2D eigenvalue weighted by Gasteiger charge is -2.08. The summed E-state index contributed by atoms with van der Waals surface area (Å²) in [6.45, 7) is 6.66. The molecule has 0 radical (unpaired) electrons. The lowest BCUT2D eigenvalue weighted by molar-refractivity contribution is 0.581. The molecule has 0 amide bonds. The van der Waals surface area contributed by atoms with Crippen LogP contribution in [-0.4, -0.2) is 9.55 Å². The predicted octanol–water partition coefficient (Wildman–Crippen LogP) is 3.79. The second kappa shape index (κ2) is 6.26. The van der Waals surface area contributed by atoms with E-state index in [4.69, 9.17) is 0 Å². The molecule has 0 N–H and O–H groups in total. The quantitative estimate of drug-likeness (QED) is 0.744. The van der Waals surface area contributed by atoms with Gasteiger partial charge in [0.15, 0.2) is 0 Å². The van der Waals surface area contributed by atoms with Crippen LogP contribution in [0.4, 0.5) is 4.39 Å². The first-order valence-electron chi connectivity index (χ1n) is 5.77. The van der Waals surface area contributed by atoms with Gasteiger partial charge in [-0.15, -0.1) is 0 Å². The first-order valence-corrected chi connectivity index (χ1v) is 5.77. The van der Waals surface area contributed by atoms with Gasteiger partial charge in [0.25, 0.3) is 0 Å². The minimum Gasteiger partial charge on any atom is -0.333 e. The molecule has 2 rings (SSSR count). The number of halogens is 1. The summed E-state index contributed by atoms with van der Waals surface area (Å²) in [5.74, 6) is -0.0145. The van der Waals surface area contributed by atoms with Crippen LogP contribution in [0.2, 0.25) is 0 Å². The Hall–Kier alpha value is -1.38. The van der Waals surface area contributed by atoms with Gasteiger partial charge in [-0.25, -0.2) is 9.37 Å². The summed E-state index contributed by atoms with van der Waals surface area (Å²) in [4.78, 5) is 4.12. The van der Waals surface area contributed by atoms with E-state index in [1.54, 1.807) is 12.4 Å². The Kier molecular flexibility index (Phi) is 4.96. The molecule has 88 valence electrons. The van der Waals surface area contributed by atoms with E-state index in [1.165, 1.54) is 0 Å². The molecule has 0 fully saturated rings. The van der Waals surface area contributed by atoms with E-state index in [2.05, 4.69) is 11.1 Å². The summed E-state index contributed by atoms with van der Waals surface area (Å²) in [5, 5.41) is 0. The second-order valence-electron chi connectivity index (χ2n) is 3.60. The first-order chi connectivity index (χ1) is 7.74. The van der Waals surface area contributed by atoms with Gasteiger partial charge in [0.1, 0.15) is 5.83 Å². The predicted molar refractivity (Wildman–Crippen MR) is 64.8 cm³/mol. The Balaban J connectivity index is 0.000000606. The van der Waals surface area contributed by atoms with Gasteiger partial charge in [0.05, 0.1) is 12.0 Å². The first kappa shape index (κ1) is 12.7. The molecule has 1 aliphatic carbocycles. The maximum absolute atomic E-state index is 12.9. The molecular weight excluding hydrogens is 203 g/mol. The van der Waals surface area contributed by atoms with Gasteiger partial charge in [-0.3, -0.25) is 0 Å². The molecule has 0 aliphatic heterocycles. The molecule has 0 saturated heterocycles. The molecule has 0 unspecified atom stereocenters. The maximum atomic E-state index is 12.9. The van der Waals surface area contributed by atoms with Gasteiger partial charge in [-0.05, 0) is 25.0 Å². The number of hydrogen-bond acceptors (Lipinski definition) is 1. The second-order valence-corrected chi connectivity index (χ2v) is 3.60. The van der Waals surface area contributed by atoms with E-state index in [1.807, 2.05) is 31.5 Å². The van der Waals surface area contributed by atoms with Crippen molar-refractivity contribution in [3.8, 4) is 0 Å². The van der Waals surface area contributed by atoms with Gasteiger partial charge >= 0.3 is 0 Å². The van der Waals surface area contributed by atoms with Crippen molar-refractivity contribution in [2.45, 2.75) is 40.2 Å². The van der Waals surface area contributed by atoms with Crippen molar-refractivity contribution >= 4 is 0 Å². The summed E-state index contributed by atoms with van der Waals surface area (Å²) in [5.41, 5.74) is 2.03. The Labute approximate surface area is 96.5 Å². The number of allylic oxidation sites excluding steroid dienone is 4. The van der Waals surface area contributed by atoms with Crippen molar-refractivity contribution in [1.82, 2.24) is 9.55 Å². The highest BCUT2D eigenvalue weighted by Gasteiger charge is 2.05. The smallest absolute Gasteiger partial charge is 0.101 e. The summed E-state index contributed by atoms with van der Waals surface area (Å²) in [6, 6.07) is 0. The molecule has 1 aromatic rings. The lowest BCUT2D eigenvalue weighted by Crippen LogP contribution is -1.99. The van der Waals surface area contributed by atoms with Crippen LogP contribution in [-0.2, 0) is 6.54 Å². The van der Waals surface area contributed by atoms with Gasteiger partial charge in [0.2, 0.25) is 0 Å². The highest BCUT2D eigenvalue weighted by Crippen LogP contribution is 2.19. The fourth-order valence-electron chi connectivity index (χ4n) is 1.61. The number of hydrogen-bond donors (Lipinski definition) is 0. The molecule has 0 saturated carbocycles. The zero-order valence-corrected chi connectivity index (χ0v) is 10.2. The third-order valence-electron chi connectivity index (χ3n) is 2.26. The number of aromatic nitrogens is 2. The zero-order chi connectivity index (χ0) is 12.0. The molecule has 3 heteroatoms. The van der Waals surface area contributed by atoms with Crippen molar-refractivity contribution in [1.29, 1.82) is 0 Å². The highest BCUT2D eigenvalue weighted by molar-refractivity contribution is 5.25. The number of imidazole rings is 1. The average molecular weight is 222 g/mol. The van der Waals surface area contributed by atoms with Crippen molar-refractivity contribution in [2.75, 3.05) is 0 Å². The van der Waals surface area contributed by atoms with E-state index in [0.717, 1.165) is 17.7 Å². The fourth-order valence-corrected chi connectivity index (χ4v) is 1.61. The van der Waals surface area contributed by atoms with E-state index < -0.39 is 0 Å². The Morgan fingerprint density at radius 2 is 2.19 bits per heavy atom. The van der Waals surface area contributed by atoms with Crippen molar-refractivity contribution < 1.29 is 4.39 Å². The minimum atomic E-state index is -0.0145. The topological polar surface area (TPSA) is 17.8 Å². The molecule has 1 heterocycles. The highest BCUT2D eigenvalue weighted by atomic mass is 19.1. The SMILES string of the molecule is CC.Cc1cn(CC2=CCCC(F)=C2)cn1. The summed E-state index contributed by atoms with van der Waals surface area (Å²) < 4.78 is 14.9. The molecule has 1 aliphatic rings. The normalized spacial score (nSPS) is 14.8. The summed E-state index contributed by atoms with van der Waals surface area (Å²) in [6.07, 6.45) is 8.80. The standard InChI is InChI=1S/C11H13FN2.C2H6/c1-9-6-14(8-13-9)7-10-3-2-4-11(12)5-10;1-2/h3,5-6,8H,2,4,7H2,1H3;1-2H3. The monoisotopic (exact) mass is 222 g/mol. The van der Waals surface area contributed by atoms with Gasteiger partial charge in [-0.2, -0.15) is 0 Å². The van der Waals surface area contributed by atoms with Gasteiger partial charge in [-0.1, -0.05) is 19.9 Å². The number of aryl methyl sites for hydroxylation is 1. The third kappa shape index (κ3) is 3.65. The van der Waals surface area contributed by atoms with Crippen LogP contribution in [0.15, 0.2) is 36.1 Å². The number of rotatable bonds is 2. The molecular formula is C13H19FN2. The third-order valence-corrected chi connectivity index (χ3v) is 2.26. The summed E-state index contributed by atoms with van der Waals surface area (Å²) in [7, 11) is 0. The van der Waals surface area contributed by atoms with E-state index in [-0.39, 0.29) is 5.83 Å². The molecule has 2 nitrogen and oxygen atoms in total. The minimum absolute atomic E-state index is 0.0145. The van der Waals surface area contributed by atoms with E-state index in [9.17, 15) is 4.39 Å². The van der Waals surface area contributed by atoms with Crippen molar-refractivity contribution in [3.05, 3.63) is 41.8 Å². The molecule has 0 aromatic carbocycles. The molecule has 16 heavy (non-hydrogen) atoms. The molecule has 0 spiro atoms. The number of nitrogens with zero attached hydrogens (tertiary/aromatic N) is 2. The molecule has 0 bridgehead atoms.